The van der Waals surface area contributed by atoms with E-state index in [1.165, 1.54) is 38.5 Å². The first-order valence-corrected chi connectivity index (χ1v) is 6.97. The molecule has 1 aliphatic carbocycles. The summed E-state index contributed by atoms with van der Waals surface area (Å²) >= 11 is 0. The van der Waals surface area contributed by atoms with Crippen molar-refractivity contribution in [2.75, 3.05) is 13.1 Å². The predicted molar refractivity (Wildman–Crippen MR) is 66.1 cm³/mol. The normalized spacial score (nSPS) is 26.0. The fourth-order valence-corrected chi connectivity index (χ4v) is 3.18. The summed E-state index contributed by atoms with van der Waals surface area (Å²) in [5.74, 6) is 2.19. The van der Waals surface area contributed by atoms with E-state index in [1.807, 2.05) is 0 Å². The van der Waals surface area contributed by atoms with Crippen molar-refractivity contribution in [1.29, 1.82) is 0 Å². The van der Waals surface area contributed by atoms with Gasteiger partial charge in [0.2, 0.25) is 5.91 Å². The lowest BCUT2D eigenvalue weighted by Crippen LogP contribution is -2.42. The fourth-order valence-electron chi connectivity index (χ4n) is 3.18. The zero-order chi connectivity index (χ0) is 11.5. The Morgan fingerprint density at radius 1 is 1.12 bits per heavy atom. The van der Waals surface area contributed by atoms with Crippen LogP contribution in [0.25, 0.3) is 0 Å². The summed E-state index contributed by atoms with van der Waals surface area (Å²) < 4.78 is 0. The summed E-state index contributed by atoms with van der Waals surface area (Å²) in [5.41, 5.74) is 0. The molecule has 0 radical (unpaired) electrons. The largest absolute Gasteiger partial charge is 0.342 e. The Balaban J connectivity index is 1.86. The Morgan fingerprint density at radius 3 is 2.25 bits per heavy atom. The third kappa shape index (κ3) is 2.58. The molecule has 1 unspecified atom stereocenters. The monoisotopic (exact) mass is 223 g/mol. The molecule has 0 bridgehead atoms. The van der Waals surface area contributed by atoms with Crippen LogP contribution in [0.4, 0.5) is 0 Å². The molecule has 1 saturated carbocycles. The molecule has 0 aromatic heterocycles. The molecule has 0 N–H and O–H groups in total. The minimum atomic E-state index is 0.274. The lowest BCUT2D eigenvalue weighted by atomic mass is 9.90. The van der Waals surface area contributed by atoms with Crippen molar-refractivity contribution in [3.05, 3.63) is 0 Å². The van der Waals surface area contributed by atoms with Gasteiger partial charge < -0.3 is 4.90 Å². The molecule has 0 spiro atoms. The van der Waals surface area contributed by atoms with Gasteiger partial charge in [-0.15, -0.1) is 0 Å². The summed E-state index contributed by atoms with van der Waals surface area (Å²) in [7, 11) is 0. The second-order valence-corrected chi connectivity index (χ2v) is 5.84. The number of likely N-dealkylation sites (tertiary alicyclic amines) is 1. The van der Waals surface area contributed by atoms with Crippen molar-refractivity contribution in [3.8, 4) is 0 Å². The predicted octanol–water partition coefficient (Wildman–Crippen LogP) is 3.07. The molecule has 2 fully saturated rings. The standard InChI is InChI=1S/C14H25NO/c1-11-7-9-15(10-8-11)14(16)12(2)13-5-3-4-6-13/h11-13H,3-10H2,1-2H3. The fraction of sp³-hybridized carbons (Fsp3) is 0.929. The Morgan fingerprint density at radius 2 is 1.69 bits per heavy atom. The molecule has 1 amide bonds. The second-order valence-electron chi connectivity index (χ2n) is 5.84. The van der Waals surface area contributed by atoms with Gasteiger partial charge in [-0.05, 0) is 37.5 Å². The van der Waals surface area contributed by atoms with E-state index in [2.05, 4.69) is 18.7 Å². The number of carbonyl (C=O) groups is 1. The van der Waals surface area contributed by atoms with Crippen molar-refractivity contribution in [1.82, 2.24) is 4.90 Å². The smallest absolute Gasteiger partial charge is 0.225 e. The number of carbonyl (C=O) groups excluding carboxylic acids is 1. The summed E-state index contributed by atoms with van der Waals surface area (Å²) in [6.07, 6.45) is 7.61. The van der Waals surface area contributed by atoms with Gasteiger partial charge in [0.25, 0.3) is 0 Å². The highest BCUT2D eigenvalue weighted by Gasteiger charge is 2.31. The van der Waals surface area contributed by atoms with Crippen molar-refractivity contribution >= 4 is 5.91 Å². The highest BCUT2D eigenvalue weighted by Crippen LogP contribution is 2.32. The molecule has 2 rings (SSSR count). The summed E-state index contributed by atoms with van der Waals surface area (Å²) in [6.45, 7) is 6.44. The maximum Gasteiger partial charge on any atom is 0.225 e. The molecular weight excluding hydrogens is 198 g/mol. The Hall–Kier alpha value is -0.530. The van der Waals surface area contributed by atoms with E-state index < -0.39 is 0 Å². The van der Waals surface area contributed by atoms with Crippen LogP contribution in [0.15, 0.2) is 0 Å². The van der Waals surface area contributed by atoms with Crippen LogP contribution in [0.3, 0.4) is 0 Å². The van der Waals surface area contributed by atoms with Gasteiger partial charge >= 0.3 is 0 Å². The van der Waals surface area contributed by atoms with E-state index in [0.717, 1.165) is 19.0 Å². The van der Waals surface area contributed by atoms with Gasteiger partial charge in [0.15, 0.2) is 0 Å². The van der Waals surface area contributed by atoms with Crippen LogP contribution in [0, 0.1) is 17.8 Å². The van der Waals surface area contributed by atoms with E-state index in [9.17, 15) is 4.79 Å². The second kappa shape index (κ2) is 5.20. The van der Waals surface area contributed by atoms with E-state index in [0.29, 0.717) is 11.8 Å². The molecule has 1 heterocycles. The van der Waals surface area contributed by atoms with Crippen LogP contribution < -0.4 is 0 Å². The Kier molecular flexibility index (Phi) is 3.88. The van der Waals surface area contributed by atoms with E-state index in [4.69, 9.17) is 0 Å². The zero-order valence-corrected chi connectivity index (χ0v) is 10.7. The van der Waals surface area contributed by atoms with E-state index in [-0.39, 0.29) is 5.92 Å². The zero-order valence-electron chi connectivity index (χ0n) is 10.7. The van der Waals surface area contributed by atoms with Gasteiger partial charge in [-0.2, -0.15) is 0 Å². The minimum Gasteiger partial charge on any atom is -0.342 e. The van der Waals surface area contributed by atoms with Crippen molar-refractivity contribution < 1.29 is 4.79 Å². The minimum absolute atomic E-state index is 0.274. The highest BCUT2D eigenvalue weighted by atomic mass is 16.2. The maximum absolute atomic E-state index is 12.3. The molecule has 16 heavy (non-hydrogen) atoms. The molecule has 1 atom stereocenters. The summed E-state index contributed by atoms with van der Waals surface area (Å²) in [6, 6.07) is 0. The maximum atomic E-state index is 12.3. The molecule has 0 aromatic rings. The van der Waals surface area contributed by atoms with Crippen LogP contribution >= 0.6 is 0 Å². The van der Waals surface area contributed by atoms with Gasteiger partial charge in [0.1, 0.15) is 0 Å². The highest BCUT2D eigenvalue weighted by molar-refractivity contribution is 5.78. The molecular formula is C14H25NO. The van der Waals surface area contributed by atoms with Crippen LogP contribution in [0.2, 0.25) is 0 Å². The first-order chi connectivity index (χ1) is 7.68. The number of nitrogens with zero attached hydrogens (tertiary/aromatic N) is 1. The van der Waals surface area contributed by atoms with Gasteiger partial charge in [0.05, 0.1) is 0 Å². The Labute approximate surface area is 99.4 Å². The van der Waals surface area contributed by atoms with Gasteiger partial charge in [-0.1, -0.05) is 26.7 Å². The van der Waals surface area contributed by atoms with E-state index in [1.54, 1.807) is 0 Å². The van der Waals surface area contributed by atoms with Crippen molar-refractivity contribution in [2.24, 2.45) is 17.8 Å². The van der Waals surface area contributed by atoms with Gasteiger partial charge in [0, 0.05) is 19.0 Å². The third-order valence-electron chi connectivity index (χ3n) is 4.59. The van der Waals surface area contributed by atoms with Crippen LogP contribution in [0.1, 0.15) is 52.4 Å². The molecule has 2 aliphatic rings. The molecule has 1 aliphatic heterocycles. The number of amides is 1. The van der Waals surface area contributed by atoms with Crippen LogP contribution in [-0.2, 0) is 4.79 Å². The first-order valence-electron chi connectivity index (χ1n) is 6.97. The molecule has 0 aromatic carbocycles. The molecule has 92 valence electrons. The molecule has 1 saturated heterocycles. The summed E-state index contributed by atoms with van der Waals surface area (Å²) in [5, 5.41) is 0. The molecule has 2 nitrogen and oxygen atoms in total. The lowest BCUT2D eigenvalue weighted by molar-refractivity contribution is -0.138. The average Bonchev–Trinajstić information content (AvgIpc) is 2.81. The van der Waals surface area contributed by atoms with Gasteiger partial charge in [-0.3, -0.25) is 4.79 Å². The number of hydrogen-bond donors (Lipinski definition) is 0. The number of rotatable bonds is 2. The number of piperidine rings is 1. The Bertz CT molecular complexity index is 237. The topological polar surface area (TPSA) is 20.3 Å². The SMILES string of the molecule is CC1CCN(C(=O)C(C)C2CCCC2)CC1. The van der Waals surface area contributed by atoms with Crippen LogP contribution in [0.5, 0.6) is 0 Å². The number of hydrogen-bond acceptors (Lipinski definition) is 1. The van der Waals surface area contributed by atoms with Gasteiger partial charge in [-0.25, -0.2) is 0 Å². The van der Waals surface area contributed by atoms with Crippen molar-refractivity contribution in [3.63, 3.8) is 0 Å². The van der Waals surface area contributed by atoms with Crippen molar-refractivity contribution in [2.45, 2.75) is 52.4 Å². The van der Waals surface area contributed by atoms with E-state index >= 15 is 0 Å². The lowest BCUT2D eigenvalue weighted by Gasteiger charge is -2.33. The third-order valence-corrected chi connectivity index (χ3v) is 4.59. The summed E-state index contributed by atoms with van der Waals surface area (Å²) in [4.78, 5) is 14.4. The van der Waals surface area contributed by atoms with Crippen LogP contribution in [-0.4, -0.2) is 23.9 Å². The molecule has 2 heteroatoms. The quantitative estimate of drug-likeness (QED) is 0.704. The average molecular weight is 223 g/mol. The first kappa shape index (κ1) is 11.9.